The molecule has 0 saturated heterocycles. The normalized spacial score (nSPS) is 15.1. The summed E-state index contributed by atoms with van der Waals surface area (Å²) in [5, 5.41) is 15.9. The zero-order valence-electron chi connectivity index (χ0n) is 14.6. The van der Waals surface area contributed by atoms with E-state index in [1.807, 2.05) is 0 Å². The molecule has 1 heterocycles. The van der Waals surface area contributed by atoms with Crippen LogP contribution in [0.2, 0.25) is 0 Å². The van der Waals surface area contributed by atoms with Crippen LogP contribution < -0.4 is 14.5 Å². The maximum absolute atomic E-state index is 12.6. The van der Waals surface area contributed by atoms with Crippen LogP contribution in [0.15, 0.2) is 28.8 Å². The van der Waals surface area contributed by atoms with E-state index < -0.39 is 5.95 Å². The number of methoxy groups -OCH3 is 1. The average molecular weight is 345 g/mol. The van der Waals surface area contributed by atoms with E-state index >= 15 is 0 Å². The molecule has 0 unspecified atom stereocenters. The van der Waals surface area contributed by atoms with Gasteiger partial charge in [-0.25, -0.2) is 0 Å². The van der Waals surface area contributed by atoms with E-state index in [2.05, 4.69) is 5.27 Å². The van der Waals surface area contributed by atoms with Crippen LogP contribution in [-0.4, -0.2) is 30.2 Å². The number of aromatic nitrogens is 2. The third-order valence-electron chi connectivity index (χ3n) is 4.73. The van der Waals surface area contributed by atoms with Crippen LogP contribution in [0.3, 0.4) is 0 Å². The topological polar surface area (TPSA) is 82.5 Å². The van der Waals surface area contributed by atoms with Crippen molar-refractivity contribution in [3.05, 3.63) is 30.0 Å². The first-order valence-corrected chi connectivity index (χ1v) is 8.57. The van der Waals surface area contributed by atoms with Gasteiger partial charge in [-0.15, -0.1) is 0 Å². The second kappa shape index (κ2) is 7.55. The summed E-state index contributed by atoms with van der Waals surface area (Å²) in [6.45, 7) is 0.170. The molecular weight excluding hydrogens is 322 g/mol. The van der Waals surface area contributed by atoms with E-state index in [0.29, 0.717) is 17.1 Å². The first kappa shape index (κ1) is 17.3. The third-order valence-corrected chi connectivity index (χ3v) is 4.73. The van der Waals surface area contributed by atoms with E-state index in [4.69, 9.17) is 9.26 Å². The molecule has 1 aromatic carbocycles. The first-order chi connectivity index (χ1) is 12.1. The minimum atomic E-state index is -0.529. The largest absolute Gasteiger partial charge is 0.539 e. The Kier molecular flexibility index (Phi) is 5.21. The van der Waals surface area contributed by atoms with E-state index in [0.717, 1.165) is 25.7 Å². The Hall–Kier alpha value is -2.57. The lowest BCUT2D eigenvalue weighted by Crippen LogP contribution is -2.41. The highest BCUT2D eigenvalue weighted by Gasteiger charge is 2.28. The van der Waals surface area contributed by atoms with Crippen LogP contribution in [0.1, 0.15) is 37.8 Å². The van der Waals surface area contributed by atoms with Crippen molar-refractivity contribution in [1.29, 1.82) is 0 Å². The number of benzene rings is 1. The fourth-order valence-electron chi connectivity index (χ4n) is 3.29. The standard InChI is InChI=1S/C18H23N3O4/c1-20(17(22)13-6-4-3-5-7-13)12-16-18(23)25-19-21(16)14-8-10-15(24-2)11-9-14/h8-11,13H,3-7,12H2,1-2H3. The Morgan fingerprint density at radius 1 is 1.32 bits per heavy atom. The van der Waals surface area contributed by atoms with Crippen LogP contribution in [-0.2, 0) is 11.3 Å². The summed E-state index contributed by atoms with van der Waals surface area (Å²) in [7, 11) is 3.31. The number of rotatable bonds is 5. The van der Waals surface area contributed by atoms with E-state index in [1.165, 1.54) is 11.1 Å². The molecule has 3 rings (SSSR count). The number of hydrogen-bond acceptors (Lipinski definition) is 5. The molecule has 1 fully saturated rings. The summed E-state index contributed by atoms with van der Waals surface area (Å²) < 4.78 is 11.4. The molecule has 1 aliphatic rings. The Bertz CT molecular complexity index is 720. The summed E-state index contributed by atoms with van der Waals surface area (Å²) in [4.78, 5) is 14.2. The molecule has 1 saturated carbocycles. The maximum atomic E-state index is 12.6. The van der Waals surface area contributed by atoms with Crippen molar-refractivity contribution in [2.45, 2.75) is 38.6 Å². The predicted molar refractivity (Wildman–Crippen MR) is 87.1 cm³/mol. The molecule has 25 heavy (non-hydrogen) atoms. The van der Waals surface area contributed by atoms with Gasteiger partial charge in [0.1, 0.15) is 12.3 Å². The molecule has 1 aromatic heterocycles. The Morgan fingerprint density at radius 2 is 2.00 bits per heavy atom. The van der Waals surface area contributed by atoms with Crippen molar-refractivity contribution in [1.82, 2.24) is 10.2 Å². The molecule has 1 amide bonds. The Labute approximate surface area is 146 Å². The van der Waals surface area contributed by atoms with Crippen LogP contribution in [0.25, 0.3) is 5.69 Å². The number of carbonyl (C=O) groups is 1. The van der Waals surface area contributed by atoms with Gasteiger partial charge in [0.2, 0.25) is 11.6 Å². The molecule has 0 atom stereocenters. The molecule has 1 aliphatic carbocycles. The van der Waals surface area contributed by atoms with Gasteiger partial charge in [-0.1, -0.05) is 19.3 Å². The number of nitrogens with zero attached hydrogens (tertiary/aromatic N) is 3. The van der Waals surface area contributed by atoms with Crippen LogP contribution in [0.4, 0.5) is 0 Å². The monoisotopic (exact) mass is 345 g/mol. The van der Waals surface area contributed by atoms with E-state index in [-0.39, 0.29) is 18.4 Å². The number of amides is 1. The van der Waals surface area contributed by atoms with E-state index in [1.54, 1.807) is 43.3 Å². The van der Waals surface area contributed by atoms with Crippen molar-refractivity contribution in [3.8, 4) is 17.4 Å². The molecule has 134 valence electrons. The van der Waals surface area contributed by atoms with Gasteiger partial charge >= 0.3 is 0 Å². The van der Waals surface area contributed by atoms with Gasteiger partial charge in [0, 0.05) is 25.1 Å². The second-order valence-electron chi connectivity index (χ2n) is 6.45. The van der Waals surface area contributed by atoms with E-state index in [9.17, 15) is 9.90 Å². The smallest absolute Gasteiger partial charge is 0.259 e. The summed E-state index contributed by atoms with van der Waals surface area (Å²) in [5.41, 5.74) is 1.01. The van der Waals surface area contributed by atoms with Gasteiger partial charge in [0.15, 0.2) is 5.95 Å². The summed E-state index contributed by atoms with van der Waals surface area (Å²) in [6, 6.07) is 7.13. The highest BCUT2D eigenvalue weighted by Crippen LogP contribution is 2.26. The molecular formula is C18H23N3O4. The molecule has 0 spiro atoms. The van der Waals surface area contributed by atoms with Gasteiger partial charge in [-0.3, -0.25) is 4.79 Å². The fourth-order valence-corrected chi connectivity index (χ4v) is 3.29. The van der Waals surface area contributed by atoms with Crippen molar-refractivity contribution >= 4 is 5.91 Å². The highest BCUT2D eigenvalue weighted by atomic mass is 16.6. The predicted octanol–water partition coefficient (Wildman–Crippen LogP) is 1.57. The molecule has 2 aromatic rings. The highest BCUT2D eigenvalue weighted by molar-refractivity contribution is 5.78. The van der Waals surface area contributed by atoms with Gasteiger partial charge in [-0.2, -0.15) is 0 Å². The number of carbonyl (C=O) groups excluding carboxylic acids is 1. The number of hydrogen-bond donors (Lipinski definition) is 0. The number of ether oxygens (including phenoxy) is 1. The Morgan fingerprint density at radius 3 is 2.64 bits per heavy atom. The van der Waals surface area contributed by atoms with Crippen LogP contribution in [0.5, 0.6) is 11.7 Å². The van der Waals surface area contributed by atoms with Crippen LogP contribution in [0, 0.1) is 5.92 Å². The second-order valence-corrected chi connectivity index (χ2v) is 6.45. The minimum Gasteiger partial charge on any atom is -0.539 e. The molecule has 0 aliphatic heterocycles. The maximum Gasteiger partial charge on any atom is 0.259 e. The minimum absolute atomic E-state index is 0.0585. The first-order valence-electron chi connectivity index (χ1n) is 8.57. The lowest BCUT2D eigenvalue weighted by atomic mass is 9.88. The SMILES string of the molecule is COc1ccc(-[n+]2noc([O-])c2CN(C)C(=O)C2CCCCC2)cc1. The summed E-state index contributed by atoms with van der Waals surface area (Å²) in [6.07, 6.45) is 5.23. The quantitative estimate of drug-likeness (QED) is 0.768. The van der Waals surface area contributed by atoms with Crippen molar-refractivity contribution in [2.24, 2.45) is 5.92 Å². The molecule has 7 nitrogen and oxygen atoms in total. The van der Waals surface area contributed by atoms with Gasteiger partial charge in [0.25, 0.3) is 5.69 Å². The summed E-state index contributed by atoms with van der Waals surface area (Å²) in [5.74, 6) is 0.324. The zero-order chi connectivity index (χ0) is 17.8. The average Bonchev–Trinajstić information content (AvgIpc) is 3.02. The fraction of sp³-hybridized carbons (Fsp3) is 0.500. The molecule has 7 heteroatoms. The van der Waals surface area contributed by atoms with Gasteiger partial charge < -0.3 is 19.3 Å². The van der Waals surface area contributed by atoms with Gasteiger partial charge in [-0.05, 0) is 29.7 Å². The zero-order valence-corrected chi connectivity index (χ0v) is 14.6. The summed E-state index contributed by atoms with van der Waals surface area (Å²) >= 11 is 0. The lowest BCUT2D eigenvalue weighted by molar-refractivity contribution is -0.678. The molecule has 0 radical (unpaired) electrons. The lowest BCUT2D eigenvalue weighted by Gasteiger charge is -2.25. The Balaban J connectivity index is 1.77. The molecule has 0 bridgehead atoms. The van der Waals surface area contributed by atoms with Crippen molar-refractivity contribution in [3.63, 3.8) is 0 Å². The van der Waals surface area contributed by atoms with Crippen molar-refractivity contribution < 1.29 is 23.8 Å². The molecule has 0 N–H and O–H groups in total. The van der Waals surface area contributed by atoms with Gasteiger partial charge in [0.05, 0.1) is 12.4 Å². The van der Waals surface area contributed by atoms with Crippen molar-refractivity contribution in [2.75, 3.05) is 14.2 Å². The third kappa shape index (κ3) is 3.75. The van der Waals surface area contributed by atoms with Crippen LogP contribution >= 0.6 is 0 Å².